The summed E-state index contributed by atoms with van der Waals surface area (Å²) in [6.07, 6.45) is 1.72. The van der Waals surface area contributed by atoms with E-state index in [9.17, 15) is 14.7 Å². The number of halogens is 1. The number of hydrogen-bond acceptors (Lipinski definition) is 9. The minimum Gasteiger partial charge on any atom is -0.504 e. The van der Waals surface area contributed by atoms with E-state index in [-0.39, 0.29) is 23.5 Å². The number of aromatic hydroxyl groups is 1. The number of hydrogen-bond donors (Lipinski definition) is 1. The molecular weight excluding hydrogens is 623 g/mol. The molecule has 0 fully saturated rings. The predicted octanol–water partition coefficient (Wildman–Crippen LogP) is 3.52. The van der Waals surface area contributed by atoms with E-state index in [1.807, 2.05) is 29.5 Å². The summed E-state index contributed by atoms with van der Waals surface area (Å²) in [4.78, 5) is 32.0. The highest BCUT2D eigenvalue weighted by Gasteiger charge is 2.34. The van der Waals surface area contributed by atoms with Crippen molar-refractivity contribution in [3.63, 3.8) is 0 Å². The van der Waals surface area contributed by atoms with Crippen molar-refractivity contribution < 1.29 is 28.8 Å². The number of carbonyl (C=O) groups excluding carboxylic acids is 1. The average Bonchev–Trinajstić information content (AvgIpc) is 3.19. The lowest BCUT2D eigenvalue weighted by Gasteiger charge is -2.25. The van der Waals surface area contributed by atoms with Gasteiger partial charge in [0.2, 0.25) is 0 Å². The molecule has 4 rings (SSSR count). The summed E-state index contributed by atoms with van der Waals surface area (Å²) in [5.41, 5.74) is 1.76. The summed E-state index contributed by atoms with van der Waals surface area (Å²) < 4.78 is 24.3. The van der Waals surface area contributed by atoms with E-state index in [1.165, 1.54) is 23.0 Å². The number of nitrogens with zero attached hydrogens (tertiary/aromatic N) is 2. The first-order valence-corrected chi connectivity index (χ1v) is 13.7. The van der Waals surface area contributed by atoms with Crippen molar-refractivity contribution in [3.8, 4) is 23.0 Å². The first kappa shape index (κ1) is 27.7. The molecule has 1 N–H and O–H groups in total. The standard InChI is InChI=1S/C27H27IN2O7S/c1-6-36-19-13-16(8-9-18(19)34-4)23-22(26(33)37-7-2)14(3)29-27-30(23)25(32)21(38-27)12-15-10-17(28)24(31)20(11-15)35-5/h8-13,23,31H,6-7H2,1-5H3/b21-12-/t23-/m0/s1. The van der Waals surface area contributed by atoms with Crippen LogP contribution in [0, 0.1) is 3.57 Å². The second kappa shape index (κ2) is 11.6. The number of thiazole rings is 1. The van der Waals surface area contributed by atoms with Crippen LogP contribution >= 0.6 is 33.9 Å². The number of allylic oxidation sites excluding steroid dienone is 1. The number of phenols is 1. The fourth-order valence-electron chi connectivity index (χ4n) is 4.22. The van der Waals surface area contributed by atoms with E-state index in [4.69, 9.17) is 18.9 Å². The Kier molecular flexibility index (Phi) is 8.46. The van der Waals surface area contributed by atoms with Crippen LogP contribution in [0.3, 0.4) is 0 Å². The molecule has 0 unspecified atom stereocenters. The van der Waals surface area contributed by atoms with E-state index >= 15 is 0 Å². The molecule has 0 radical (unpaired) electrons. The first-order valence-electron chi connectivity index (χ1n) is 11.8. The van der Waals surface area contributed by atoms with Gasteiger partial charge in [0, 0.05) is 0 Å². The quantitative estimate of drug-likeness (QED) is 0.294. The lowest BCUT2D eigenvalue weighted by Crippen LogP contribution is -2.40. The maximum Gasteiger partial charge on any atom is 0.338 e. The highest BCUT2D eigenvalue weighted by Crippen LogP contribution is 2.36. The number of methoxy groups -OCH3 is 2. The number of benzene rings is 2. The Morgan fingerprint density at radius 3 is 2.53 bits per heavy atom. The maximum absolute atomic E-state index is 13.8. The number of phenolic OH excluding ortho intramolecular Hbond substituents is 1. The highest BCUT2D eigenvalue weighted by atomic mass is 127. The van der Waals surface area contributed by atoms with E-state index in [1.54, 1.807) is 57.4 Å². The topological polar surface area (TPSA) is 109 Å². The largest absolute Gasteiger partial charge is 0.504 e. The zero-order chi connectivity index (χ0) is 27.6. The number of rotatable bonds is 8. The van der Waals surface area contributed by atoms with E-state index < -0.39 is 12.0 Å². The number of carbonyl (C=O) groups is 1. The van der Waals surface area contributed by atoms with Crippen molar-refractivity contribution in [1.82, 2.24) is 4.57 Å². The molecule has 38 heavy (non-hydrogen) atoms. The maximum atomic E-state index is 13.8. The molecule has 2 aromatic carbocycles. The van der Waals surface area contributed by atoms with E-state index in [2.05, 4.69) is 4.99 Å². The molecule has 1 aromatic heterocycles. The molecule has 0 saturated carbocycles. The van der Waals surface area contributed by atoms with Crippen LogP contribution in [0.1, 0.15) is 37.9 Å². The van der Waals surface area contributed by atoms with Crippen LogP contribution < -0.4 is 29.1 Å². The molecule has 3 aromatic rings. The van der Waals surface area contributed by atoms with Crippen LogP contribution in [0.2, 0.25) is 0 Å². The van der Waals surface area contributed by atoms with E-state index in [0.29, 0.717) is 53.6 Å². The van der Waals surface area contributed by atoms with Crippen molar-refractivity contribution in [3.05, 3.63) is 76.0 Å². The molecule has 11 heteroatoms. The molecule has 0 aliphatic carbocycles. The third-order valence-corrected chi connectivity index (χ3v) is 7.69. The fraction of sp³-hybridized carbons (Fsp3) is 0.296. The van der Waals surface area contributed by atoms with Gasteiger partial charge in [0.25, 0.3) is 5.56 Å². The normalized spacial score (nSPS) is 15.1. The SMILES string of the molecule is CCOC(=O)C1=C(C)N=c2s/c(=C\c3cc(I)c(O)c(OC)c3)c(=O)n2[C@H]1c1ccc(OC)c(OCC)c1. The van der Waals surface area contributed by atoms with Crippen molar-refractivity contribution in [2.75, 3.05) is 27.4 Å². The van der Waals surface area contributed by atoms with Gasteiger partial charge in [-0.05, 0) is 84.8 Å². The zero-order valence-corrected chi connectivity index (χ0v) is 24.5. The molecule has 0 bridgehead atoms. The third kappa shape index (κ3) is 5.17. The van der Waals surface area contributed by atoms with Gasteiger partial charge in [-0.1, -0.05) is 17.4 Å². The van der Waals surface area contributed by atoms with Gasteiger partial charge in [-0.15, -0.1) is 0 Å². The Morgan fingerprint density at radius 1 is 1.13 bits per heavy atom. The fourth-order valence-corrected chi connectivity index (χ4v) is 5.89. The lowest BCUT2D eigenvalue weighted by atomic mass is 9.95. The lowest BCUT2D eigenvalue weighted by molar-refractivity contribution is -0.139. The number of ether oxygens (including phenoxy) is 4. The Bertz CT molecular complexity index is 1610. The number of aromatic nitrogens is 1. The second-order valence-corrected chi connectivity index (χ2v) is 10.4. The highest BCUT2D eigenvalue weighted by molar-refractivity contribution is 14.1. The van der Waals surface area contributed by atoms with Gasteiger partial charge in [0.15, 0.2) is 27.8 Å². The molecule has 1 atom stereocenters. The molecular formula is C27H27IN2O7S. The van der Waals surface area contributed by atoms with Crippen LogP contribution in [-0.2, 0) is 9.53 Å². The van der Waals surface area contributed by atoms with Gasteiger partial charge < -0.3 is 24.1 Å². The Morgan fingerprint density at radius 2 is 1.87 bits per heavy atom. The Hall–Kier alpha value is -3.32. The van der Waals surface area contributed by atoms with Crippen LogP contribution in [0.4, 0.5) is 0 Å². The van der Waals surface area contributed by atoms with E-state index in [0.717, 1.165) is 0 Å². The summed E-state index contributed by atoms with van der Waals surface area (Å²) in [6.45, 7) is 5.92. The average molecular weight is 650 g/mol. The molecule has 2 heterocycles. The molecule has 1 aliphatic heterocycles. The van der Waals surface area contributed by atoms with Crippen LogP contribution in [0.25, 0.3) is 6.08 Å². The summed E-state index contributed by atoms with van der Waals surface area (Å²) in [6, 6.07) is 7.94. The van der Waals surface area contributed by atoms with Gasteiger partial charge in [0.05, 0.1) is 52.8 Å². The Labute approximate surface area is 236 Å². The summed E-state index contributed by atoms with van der Waals surface area (Å²) in [7, 11) is 3.02. The zero-order valence-electron chi connectivity index (χ0n) is 21.5. The third-order valence-electron chi connectivity index (χ3n) is 5.89. The van der Waals surface area contributed by atoms with Crippen molar-refractivity contribution in [1.29, 1.82) is 0 Å². The molecule has 200 valence electrons. The minimum atomic E-state index is -0.785. The van der Waals surface area contributed by atoms with Gasteiger partial charge >= 0.3 is 5.97 Å². The van der Waals surface area contributed by atoms with Crippen LogP contribution in [0.5, 0.6) is 23.0 Å². The second-order valence-electron chi connectivity index (χ2n) is 8.20. The molecule has 0 saturated heterocycles. The van der Waals surface area contributed by atoms with Gasteiger partial charge in [0.1, 0.15) is 0 Å². The van der Waals surface area contributed by atoms with Crippen molar-refractivity contribution >= 4 is 46.0 Å². The van der Waals surface area contributed by atoms with Crippen molar-refractivity contribution in [2.45, 2.75) is 26.8 Å². The van der Waals surface area contributed by atoms with Crippen molar-refractivity contribution in [2.24, 2.45) is 4.99 Å². The molecule has 9 nitrogen and oxygen atoms in total. The predicted molar refractivity (Wildman–Crippen MR) is 152 cm³/mol. The molecule has 1 aliphatic rings. The molecule has 0 amide bonds. The summed E-state index contributed by atoms with van der Waals surface area (Å²) in [5, 5.41) is 10.2. The van der Waals surface area contributed by atoms with Gasteiger partial charge in [-0.25, -0.2) is 9.79 Å². The Balaban J connectivity index is 1.97. The first-order chi connectivity index (χ1) is 18.2. The van der Waals surface area contributed by atoms with Gasteiger partial charge in [-0.2, -0.15) is 0 Å². The van der Waals surface area contributed by atoms with Crippen LogP contribution in [0.15, 0.2) is 51.4 Å². The summed E-state index contributed by atoms with van der Waals surface area (Å²) >= 11 is 3.22. The smallest absolute Gasteiger partial charge is 0.338 e. The van der Waals surface area contributed by atoms with Gasteiger partial charge in [-0.3, -0.25) is 9.36 Å². The monoisotopic (exact) mass is 650 g/mol. The number of fused-ring (bicyclic) bond motifs is 1. The minimum absolute atomic E-state index is 0.0334. The number of esters is 1. The molecule has 0 spiro atoms. The van der Waals surface area contributed by atoms with Crippen LogP contribution in [-0.4, -0.2) is 43.1 Å². The summed E-state index contributed by atoms with van der Waals surface area (Å²) in [5.74, 6) is 0.831.